The Balaban J connectivity index is 1.44. The second-order valence-electron chi connectivity index (χ2n) is 8.96. The quantitative estimate of drug-likeness (QED) is 0.575. The Bertz CT molecular complexity index is 1300. The number of carbonyl (C=O) groups excluding carboxylic acids is 3. The van der Waals surface area contributed by atoms with Crippen LogP contribution in [0.3, 0.4) is 0 Å². The SMILES string of the molecule is CNC(=O)CC1C(=O)NCCN1Cc1ccc(-c2ccccc2-c2cccc3c2CN(C)C3=O)o1. The summed E-state index contributed by atoms with van der Waals surface area (Å²) in [7, 11) is 3.38. The molecule has 3 heterocycles. The van der Waals surface area contributed by atoms with Gasteiger partial charge in [0.1, 0.15) is 11.5 Å². The molecule has 2 aromatic carbocycles. The first-order chi connectivity index (χ1) is 17.0. The standard InChI is InChI=1S/C27H28N4O4/c1-28-25(32)14-23-26(33)29-12-13-31(23)15-17-10-11-24(35-17)20-7-4-3-6-18(20)19-8-5-9-21-22(19)16-30(2)27(21)34/h3-11,23H,12-16H2,1-2H3,(H,28,32)(H,29,33). The maximum atomic E-state index is 12.5. The van der Waals surface area contributed by atoms with Gasteiger partial charge in [0.2, 0.25) is 11.8 Å². The highest BCUT2D eigenvalue weighted by molar-refractivity contribution is 6.01. The van der Waals surface area contributed by atoms with Gasteiger partial charge >= 0.3 is 0 Å². The molecule has 5 rings (SSSR count). The Morgan fingerprint density at radius 2 is 1.77 bits per heavy atom. The summed E-state index contributed by atoms with van der Waals surface area (Å²) in [6, 6.07) is 17.2. The van der Waals surface area contributed by atoms with Crippen molar-refractivity contribution in [1.82, 2.24) is 20.4 Å². The fourth-order valence-electron chi connectivity index (χ4n) is 4.92. The van der Waals surface area contributed by atoms with Gasteiger partial charge in [0.15, 0.2) is 0 Å². The maximum absolute atomic E-state index is 12.5. The number of piperazine rings is 1. The molecule has 8 nitrogen and oxygen atoms in total. The zero-order chi connectivity index (χ0) is 24.5. The second-order valence-corrected chi connectivity index (χ2v) is 8.96. The van der Waals surface area contributed by atoms with E-state index in [1.54, 1.807) is 11.9 Å². The van der Waals surface area contributed by atoms with Crippen LogP contribution in [-0.2, 0) is 22.7 Å². The molecule has 2 aliphatic rings. The van der Waals surface area contributed by atoms with Crippen LogP contribution in [0.4, 0.5) is 0 Å². The van der Waals surface area contributed by atoms with Crippen molar-refractivity contribution in [3.63, 3.8) is 0 Å². The number of nitrogens with one attached hydrogen (secondary N) is 2. The van der Waals surface area contributed by atoms with Gasteiger partial charge in [-0.2, -0.15) is 0 Å². The van der Waals surface area contributed by atoms with Gasteiger partial charge in [-0.05, 0) is 34.9 Å². The molecule has 180 valence electrons. The van der Waals surface area contributed by atoms with Crippen molar-refractivity contribution in [3.05, 3.63) is 71.5 Å². The summed E-state index contributed by atoms with van der Waals surface area (Å²) < 4.78 is 6.26. The number of nitrogens with zero attached hydrogens (tertiary/aromatic N) is 2. The average Bonchev–Trinajstić information content (AvgIpc) is 3.45. The van der Waals surface area contributed by atoms with Gasteiger partial charge in [-0.3, -0.25) is 19.3 Å². The van der Waals surface area contributed by atoms with Crippen molar-refractivity contribution in [1.29, 1.82) is 0 Å². The Hall–Kier alpha value is -3.91. The summed E-state index contributed by atoms with van der Waals surface area (Å²) in [5, 5.41) is 5.44. The predicted octanol–water partition coefficient (Wildman–Crippen LogP) is 2.64. The molecule has 0 spiro atoms. The summed E-state index contributed by atoms with van der Waals surface area (Å²) in [6.07, 6.45) is 0.102. The van der Waals surface area contributed by atoms with E-state index in [2.05, 4.69) is 10.6 Å². The Morgan fingerprint density at radius 1 is 1.03 bits per heavy atom. The molecule has 3 amide bonds. The smallest absolute Gasteiger partial charge is 0.254 e. The number of fused-ring (bicyclic) bond motifs is 1. The van der Waals surface area contributed by atoms with Gasteiger partial charge in [-0.15, -0.1) is 0 Å². The zero-order valence-corrected chi connectivity index (χ0v) is 19.8. The van der Waals surface area contributed by atoms with Crippen molar-refractivity contribution in [2.45, 2.75) is 25.6 Å². The number of amides is 3. The van der Waals surface area contributed by atoms with Crippen LogP contribution in [0.2, 0.25) is 0 Å². The minimum Gasteiger partial charge on any atom is -0.460 e. The summed E-state index contributed by atoms with van der Waals surface area (Å²) in [6.45, 7) is 2.17. The predicted molar refractivity (Wildman–Crippen MR) is 131 cm³/mol. The lowest BCUT2D eigenvalue weighted by Gasteiger charge is -2.33. The third-order valence-electron chi connectivity index (χ3n) is 6.75. The van der Waals surface area contributed by atoms with Crippen molar-refractivity contribution < 1.29 is 18.8 Å². The Morgan fingerprint density at radius 3 is 2.57 bits per heavy atom. The molecular weight excluding hydrogens is 444 g/mol. The number of rotatable bonds is 6. The van der Waals surface area contributed by atoms with Crippen LogP contribution in [-0.4, -0.2) is 60.7 Å². The van der Waals surface area contributed by atoms with Crippen molar-refractivity contribution >= 4 is 17.7 Å². The minimum absolute atomic E-state index is 0.0384. The molecule has 8 heteroatoms. The van der Waals surface area contributed by atoms with Crippen LogP contribution >= 0.6 is 0 Å². The lowest BCUT2D eigenvalue weighted by atomic mass is 9.92. The van der Waals surface area contributed by atoms with Crippen LogP contribution in [0.5, 0.6) is 0 Å². The Labute approximate surface area is 203 Å². The topological polar surface area (TPSA) is 94.9 Å². The number of hydrogen-bond donors (Lipinski definition) is 2. The van der Waals surface area contributed by atoms with Gasteiger partial charge in [-0.25, -0.2) is 0 Å². The molecule has 0 bridgehead atoms. The largest absolute Gasteiger partial charge is 0.460 e. The molecule has 35 heavy (non-hydrogen) atoms. The van der Waals surface area contributed by atoms with Gasteiger partial charge < -0.3 is 20.0 Å². The molecule has 1 atom stereocenters. The van der Waals surface area contributed by atoms with Crippen molar-refractivity contribution in [2.75, 3.05) is 27.2 Å². The number of hydrogen-bond acceptors (Lipinski definition) is 5. The molecule has 0 aliphatic carbocycles. The molecule has 2 aliphatic heterocycles. The normalized spacial score (nSPS) is 17.9. The van der Waals surface area contributed by atoms with E-state index in [0.717, 1.165) is 39.3 Å². The van der Waals surface area contributed by atoms with E-state index in [1.165, 1.54) is 0 Å². The first-order valence-electron chi connectivity index (χ1n) is 11.7. The van der Waals surface area contributed by atoms with Crippen LogP contribution in [0.1, 0.15) is 28.1 Å². The van der Waals surface area contributed by atoms with E-state index >= 15 is 0 Å². The molecule has 3 aromatic rings. The highest BCUT2D eigenvalue weighted by atomic mass is 16.3. The molecule has 0 saturated carbocycles. The highest BCUT2D eigenvalue weighted by Crippen LogP contribution is 2.38. The molecule has 0 radical (unpaired) electrons. The first kappa shape index (κ1) is 22.9. The average molecular weight is 473 g/mol. The number of carbonyl (C=O) groups is 3. The molecule has 2 N–H and O–H groups in total. The van der Waals surface area contributed by atoms with Crippen LogP contribution < -0.4 is 10.6 Å². The van der Waals surface area contributed by atoms with Crippen LogP contribution in [0, 0.1) is 0 Å². The van der Waals surface area contributed by atoms with E-state index in [4.69, 9.17) is 4.42 Å². The second kappa shape index (κ2) is 9.38. The van der Waals surface area contributed by atoms with Crippen molar-refractivity contribution in [3.8, 4) is 22.5 Å². The van der Waals surface area contributed by atoms with Crippen molar-refractivity contribution in [2.24, 2.45) is 0 Å². The van der Waals surface area contributed by atoms with Gasteiger partial charge in [0, 0.05) is 44.9 Å². The van der Waals surface area contributed by atoms with E-state index in [0.29, 0.717) is 26.2 Å². The molecule has 1 saturated heterocycles. The Kier molecular flexibility index (Phi) is 6.13. The lowest BCUT2D eigenvalue weighted by Crippen LogP contribution is -2.55. The minimum atomic E-state index is -0.536. The lowest BCUT2D eigenvalue weighted by molar-refractivity contribution is -0.134. The zero-order valence-electron chi connectivity index (χ0n) is 19.8. The first-order valence-corrected chi connectivity index (χ1v) is 11.7. The molecule has 1 aromatic heterocycles. The van der Waals surface area contributed by atoms with Gasteiger partial charge in [0.25, 0.3) is 5.91 Å². The summed E-state index contributed by atoms with van der Waals surface area (Å²) in [5.74, 6) is 1.16. The van der Waals surface area contributed by atoms with Gasteiger partial charge in [-0.1, -0.05) is 36.4 Å². The third kappa shape index (κ3) is 4.33. The number of furan rings is 1. The van der Waals surface area contributed by atoms with E-state index in [1.807, 2.05) is 66.5 Å². The summed E-state index contributed by atoms with van der Waals surface area (Å²) in [5.41, 5.74) is 4.73. The fraction of sp³-hybridized carbons (Fsp3) is 0.296. The fourth-order valence-corrected chi connectivity index (χ4v) is 4.92. The monoisotopic (exact) mass is 472 g/mol. The van der Waals surface area contributed by atoms with Crippen LogP contribution in [0.25, 0.3) is 22.5 Å². The highest BCUT2D eigenvalue weighted by Gasteiger charge is 2.32. The molecule has 1 fully saturated rings. The third-order valence-corrected chi connectivity index (χ3v) is 6.75. The van der Waals surface area contributed by atoms with E-state index < -0.39 is 6.04 Å². The molecular formula is C27H28N4O4. The van der Waals surface area contributed by atoms with E-state index in [9.17, 15) is 14.4 Å². The molecule has 1 unspecified atom stereocenters. The maximum Gasteiger partial charge on any atom is 0.254 e. The van der Waals surface area contributed by atoms with Crippen LogP contribution in [0.15, 0.2) is 59.0 Å². The van der Waals surface area contributed by atoms with Gasteiger partial charge in [0.05, 0.1) is 19.0 Å². The number of benzene rings is 2. The van der Waals surface area contributed by atoms with E-state index in [-0.39, 0.29) is 24.1 Å². The summed E-state index contributed by atoms with van der Waals surface area (Å²) in [4.78, 5) is 40.6. The summed E-state index contributed by atoms with van der Waals surface area (Å²) >= 11 is 0.